The fraction of sp³-hybridized carbons (Fsp3) is 0.333. The third-order valence-electron chi connectivity index (χ3n) is 5.88. The highest BCUT2D eigenvalue weighted by atomic mass is 35.5. The van der Waals surface area contributed by atoms with Gasteiger partial charge in [-0.15, -0.1) is 0 Å². The smallest absolute Gasteiger partial charge is 0.0640 e. The molecule has 1 aliphatic carbocycles. The minimum Gasteiger partial charge on any atom is -0.338 e. The molecule has 2 heteroatoms. The lowest BCUT2D eigenvalue weighted by atomic mass is 9.90. The second kappa shape index (κ2) is 6.63. The molecule has 0 unspecified atom stereocenters. The monoisotopic (exact) mass is 363 g/mol. The number of hydrogen-bond acceptors (Lipinski definition) is 0. The Balaban J connectivity index is 1.95. The largest absolute Gasteiger partial charge is 0.338 e. The first-order valence-electron chi connectivity index (χ1n) is 9.55. The van der Waals surface area contributed by atoms with Crippen LogP contribution in [0.5, 0.6) is 0 Å². The van der Waals surface area contributed by atoms with E-state index in [9.17, 15) is 0 Å². The molecule has 0 atom stereocenters. The number of hydrogen-bond donors (Lipinski definition) is 0. The van der Waals surface area contributed by atoms with Crippen LogP contribution < -0.4 is 0 Å². The number of aromatic nitrogens is 1. The lowest BCUT2D eigenvalue weighted by Crippen LogP contribution is -2.31. The van der Waals surface area contributed by atoms with E-state index in [1.54, 1.807) is 5.56 Å². The maximum absolute atomic E-state index is 6.13. The Hall–Kier alpha value is -1.99. The van der Waals surface area contributed by atoms with Crippen LogP contribution in [0.15, 0.2) is 54.6 Å². The van der Waals surface area contributed by atoms with Crippen molar-refractivity contribution in [2.24, 2.45) is 0 Å². The molecule has 1 aromatic heterocycles. The van der Waals surface area contributed by atoms with Crippen molar-refractivity contribution in [3.05, 3.63) is 82.1 Å². The van der Waals surface area contributed by atoms with Gasteiger partial charge >= 0.3 is 0 Å². The fourth-order valence-corrected chi connectivity index (χ4v) is 4.80. The van der Waals surface area contributed by atoms with Gasteiger partial charge in [-0.05, 0) is 75.3 Å². The van der Waals surface area contributed by atoms with Gasteiger partial charge in [0.1, 0.15) is 0 Å². The number of fused-ring (bicyclic) bond motifs is 1. The zero-order chi connectivity index (χ0) is 18.3. The standard InChI is InChI=1S/C24H26ClN/c1-17-23(18-13-15-20(25)16-14-18)21-11-7-8-12-22(21)26(17)24(2,3)19-9-5-4-6-10-19/h4-6,9-10,13-16H,7-8,11-12H2,1-3H3. The van der Waals surface area contributed by atoms with Crippen LogP contribution in [0.25, 0.3) is 11.1 Å². The van der Waals surface area contributed by atoms with E-state index in [0.29, 0.717) is 0 Å². The Bertz CT molecular complexity index is 917. The molecule has 3 aromatic rings. The van der Waals surface area contributed by atoms with Crippen LogP contribution in [-0.4, -0.2) is 4.57 Å². The zero-order valence-corrected chi connectivity index (χ0v) is 16.6. The lowest BCUT2D eigenvalue weighted by Gasteiger charge is -2.33. The molecular formula is C24H26ClN. The first kappa shape index (κ1) is 17.4. The molecule has 2 aromatic carbocycles. The number of benzene rings is 2. The van der Waals surface area contributed by atoms with Gasteiger partial charge in [0.25, 0.3) is 0 Å². The van der Waals surface area contributed by atoms with Gasteiger partial charge < -0.3 is 4.57 Å². The topological polar surface area (TPSA) is 4.93 Å². The van der Waals surface area contributed by atoms with E-state index in [2.05, 4.69) is 67.8 Å². The second-order valence-electron chi connectivity index (χ2n) is 7.86. The Morgan fingerprint density at radius 3 is 2.23 bits per heavy atom. The van der Waals surface area contributed by atoms with Crippen molar-refractivity contribution >= 4 is 11.6 Å². The predicted molar refractivity (Wildman–Crippen MR) is 111 cm³/mol. The summed E-state index contributed by atoms with van der Waals surface area (Å²) in [6.07, 6.45) is 4.90. The number of halogens is 1. The van der Waals surface area contributed by atoms with Crippen LogP contribution in [0.3, 0.4) is 0 Å². The van der Waals surface area contributed by atoms with Gasteiger partial charge in [-0.2, -0.15) is 0 Å². The minimum atomic E-state index is -0.0720. The highest BCUT2D eigenvalue weighted by Crippen LogP contribution is 2.41. The van der Waals surface area contributed by atoms with E-state index in [0.717, 1.165) is 5.02 Å². The summed E-state index contributed by atoms with van der Waals surface area (Å²) in [6.45, 7) is 6.97. The van der Waals surface area contributed by atoms with Gasteiger partial charge in [0.15, 0.2) is 0 Å². The molecule has 26 heavy (non-hydrogen) atoms. The number of rotatable bonds is 3. The summed E-state index contributed by atoms with van der Waals surface area (Å²) in [5.74, 6) is 0. The summed E-state index contributed by atoms with van der Waals surface area (Å²) in [6, 6.07) is 19.2. The Morgan fingerprint density at radius 1 is 0.885 bits per heavy atom. The van der Waals surface area contributed by atoms with Crippen LogP contribution in [0.2, 0.25) is 5.02 Å². The summed E-state index contributed by atoms with van der Waals surface area (Å²) < 4.78 is 2.60. The molecule has 0 saturated carbocycles. The van der Waals surface area contributed by atoms with Crippen LogP contribution >= 0.6 is 11.6 Å². The normalized spacial score (nSPS) is 14.3. The third-order valence-corrected chi connectivity index (χ3v) is 6.13. The van der Waals surface area contributed by atoms with Gasteiger partial charge in [-0.3, -0.25) is 0 Å². The first-order chi connectivity index (χ1) is 12.5. The van der Waals surface area contributed by atoms with E-state index in [4.69, 9.17) is 11.6 Å². The van der Waals surface area contributed by atoms with E-state index < -0.39 is 0 Å². The Morgan fingerprint density at radius 2 is 1.54 bits per heavy atom. The third kappa shape index (κ3) is 2.79. The Kier molecular flexibility index (Phi) is 4.44. The van der Waals surface area contributed by atoms with Crippen LogP contribution in [0, 0.1) is 6.92 Å². The molecular weight excluding hydrogens is 338 g/mol. The summed E-state index contributed by atoms with van der Waals surface area (Å²) in [5, 5.41) is 0.796. The van der Waals surface area contributed by atoms with Crippen molar-refractivity contribution < 1.29 is 0 Å². The van der Waals surface area contributed by atoms with Crippen molar-refractivity contribution in [2.75, 3.05) is 0 Å². The molecule has 1 nitrogen and oxygen atoms in total. The fourth-order valence-electron chi connectivity index (χ4n) is 4.67. The van der Waals surface area contributed by atoms with E-state index in [1.165, 1.54) is 53.8 Å². The number of nitrogens with zero attached hydrogens (tertiary/aromatic N) is 1. The molecule has 134 valence electrons. The van der Waals surface area contributed by atoms with Crippen LogP contribution in [0.4, 0.5) is 0 Å². The molecule has 0 radical (unpaired) electrons. The first-order valence-corrected chi connectivity index (χ1v) is 9.93. The molecule has 4 rings (SSSR count). The molecule has 1 heterocycles. The summed E-state index contributed by atoms with van der Waals surface area (Å²) in [5.41, 5.74) is 8.42. The molecule has 0 aliphatic heterocycles. The van der Waals surface area contributed by atoms with E-state index >= 15 is 0 Å². The average Bonchev–Trinajstić information content (AvgIpc) is 2.96. The van der Waals surface area contributed by atoms with E-state index in [-0.39, 0.29) is 5.54 Å². The Labute approximate surface area is 161 Å². The van der Waals surface area contributed by atoms with Gasteiger partial charge in [0.2, 0.25) is 0 Å². The van der Waals surface area contributed by atoms with E-state index in [1.807, 2.05) is 12.1 Å². The van der Waals surface area contributed by atoms with Crippen LogP contribution in [0.1, 0.15) is 49.2 Å². The molecule has 0 bridgehead atoms. The van der Waals surface area contributed by atoms with Crippen molar-refractivity contribution in [3.63, 3.8) is 0 Å². The summed E-state index contributed by atoms with van der Waals surface area (Å²) >= 11 is 6.13. The highest BCUT2D eigenvalue weighted by molar-refractivity contribution is 6.30. The summed E-state index contributed by atoms with van der Waals surface area (Å²) in [7, 11) is 0. The molecule has 0 N–H and O–H groups in total. The van der Waals surface area contributed by atoms with Crippen molar-refractivity contribution in [1.82, 2.24) is 4.57 Å². The second-order valence-corrected chi connectivity index (χ2v) is 8.30. The van der Waals surface area contributed by atoms with Gasteiger partial charge in [0, 0.05) is 22.0 Å². The van der Waals surface area contributed by atoms with Crippen molar-refractivity contribution in [1.29, 1.82) is 0 Å². The van der Waals surface area contributed by atoms with Crippen LogP contribution in [-0.2, 0) is 18.4 Å². The molecule has 0 fully saturated rings. The molecule has 0 amide bonds. The quantitative estimate of drug-likeness (QED) is 0.483. The van der Waals surface area contributed by atoms with Crippen molar-refractivity contribution in [2.45, 2.75) is 52.0 Å². The zero-order valence-electron chi connectivity index (χ0n) is 15.8. The van der Waals surface area contributed by atoms with Gasteiger partial charge in [-0.1, -0.05) is 54.1 Å². The highest BCUT2D eigenvalue weighted by Gasteiger charge is 2.32. The molecule has 0 saturated heterocycles. The molecule has 1 aliphatic rings. The summed E-state index contributed by atoms with van der Waals surface area (Å²) in [4.78, 5) is 0. The molecule has 0 spiro atoms. The lowest BCUT2D eigenvalue weighted by molar-refractivity contribution is 0.408. The minimum absolute atomic E-state index is 0.0720. The predicted octanol–water partition coefficient (Wildman–Crippen LogP) is 6.78. The van der Waals surface area contributed by atoms with Crippen molar-refractivity contribution in [3.8, 4) is 11.1 Å². The van der Waals surface area contributed by atoms with Gasteiger partial charge in [-0.25, -0.2) is 0 Å². The maximum Gasteiger partial charge on any atom is 0.0640 e. The maximum atomic E-state index is 6.13. The SMILES string of the molecule is Cc1c(-c2ccc(Cl)cc2)c2c(n1C(C)(C)c1ccccc1)CCCC2. The average molecular weight is 364 g/mol. The van der Waals surface area contributed by atoms with Gasteiger partial charge in [0.05, 0.1) is 5.54 Å².